The lowest BCUT2D eigenvalue weighted by Gasteiger charge is -2.16. The molecule has 0 radical (unpaired) electrons. The molecule has 0 aliphatic heterocycles. The zero-order valence-electron chi connectivity index (χ0n) is 11.3. The van der Waals surface area contributed by atoms with E-state index in [2.05, 4.69) is 15.9 Å². The van der Waals surface area contributed by atoms with E-state index in [4.69, 9.17) is 9.84 Å². The minimum Gasteiger partial charge on any atom is -0.482 e. The van der Waals surface area contributed by atoms with E-state index in [1.165, 1.54) is 6.08 Å². The molecule has 0 aliphatic rings. The predicted octanol–water partition coefficient (Wildman–Crippen LogP) is 2.40. The standard InChI is InChI=1S/C14H16BrNO4/c1-3-16(2)12(17)9-20-14-10(7-8-13(18)19)5-4-6-11(14)15/h4-8H,3,9H2,1-2H3,(H,18,19). The zero-order valence-corrected chi connectivity index (χ0v) is 12.9. The van der Waals surface area contributed by atoms with E-state index in [9.17, 15) is 9.59 Å². The molecule has 6 heteroatoms. The Morgan fingerprint density at radius 2 is 2.15 bits per heavy atom. The highest BCUT2D eigenvalue weighted by molar-refractivity contribution is 9.10. The zero-order chi connectivity index (χ0) is 15.1. The van der Waals surface area contributed by atoms with Gasteiger partial charge in [-0.25, -0.2) is 4.79 Å². The lowest BCUT2D eigenvalue weighted by molar-refractivity contribution is -0.132. The fourth-order valence-electron chi connectivity index (χ4n) is 1.39. The van der Waals surface area contributed by atoms with Gasteiger partial charge in [-0.3, -0.25) is 4.79 Å². The van der Waals surface area contributed by atoms with Gasteiger partial charge < -0.3 is 14.7 Å². The van der Waals surface area contributed by atoms with Gasteiger partial charge in [-0.2, -0.15) is 0 Å². The Balaban J connectivity index is 2.88. The van der Waals surface area contributed by atoms with Gasteiger partial charge in [0.15, 0.2) is 6.61 Å². The van der Waals surface area contributed by atoms with E-state index >= 15 is 0 Å². The fraction of sp³-hybridized carbons (Fsp3) is 0.286. The number of aliphatic carboxylic acids is 1. The van der Waals surface area contributed by atoms with Crippen LogP contribution in [0.1, 0.15) is 12.5 Å². The van der Waals surface area contributed by atoms with Gasteiger partial charge in [-0.05, 0) is 35.0 Å². The summed E-state index contributed by atoms with van der Waals surface area (Å²) >= 11 is 3.33. The van der Waals surface area contributed by atoms with E-state index in [0.717, 1.165) is 6.08 Å². The highest BCUT2D eigenvalue weighted by Gasteiger charge is 2.11. The minimum atomic E-state index is -1.04. The van der Waals surface area contributed by atoms with Crippen molar-refractivity contribution < 1.29 is 19.4 Å². The molecule has 0 spiro atoms. The largest absolute Gasteiger partial charge is 0.482 e. The first-order chi connectivity index (χ1) is 9.45. The SMILES string of the molecule is CCN(C)C(=O)COc1c(Br)cccc1C=CC(=O)O. The Hall–Kier alpha value is -1.82. The van der Waals surface area contributed by atoms with Crippen molar-refractivity contribution in [2.24, 2.45) is 0 Å². The number of carbonyl (C=O) groups is 2. The van der Waals surface area contributed by atoms with Crippen LogP contribution in [0.2, 0.25) is 0 Å². The lowest BCUT2D eigenvalue weighted by Crippen LogP contribution is -2.31. The third kappa shape index (κ3) is 4.70. The summed E-state index contributed by atoms with van der Waals surface area (Å²) in [5.41, 5.74) is 0.591. The second-order valence-electron chi connectivity index (χ2n) is 4.03. The monoisotopic (exact) mass is 341 g/mol. The van der Waals surface area contributed by atoms with Crippen molar-refractivity contribution in [2.45, 2.75) is 6.92 Å². The van der Waals surface area contributed by atoms with Gasteiger partial charge in [0.1, 0.15) is 5.75 Å². The highest BCUT2D eigenvalue weighted by atomic mass is 79.9. The van der Waals surface area contributed by atoms with Crippen molar-refractivity contribution >= 4 is 33.9 Å². The van der Waals surface area contributed by atoms with Gasteiger partial charge in [0.25, 0.3) is 5.91 Å². The van der Waals surface area contributed by atoms with Crippen LogP contribution in [0, 0.1) is 0 Å². The smallest absolute Gasteiger partial charge is 0.328 e. The minimum absolute atomic E-state index is 0.0964. The molecule has 0 aliphatic carbocycles. The second-order valence-corrected chi connectivity index (χ2v) is 4.88. The number of ether oxygens (including phenoxy) is 1. The van der Waals surface area contributed by atoms with Gasteiger partial charge in [-0.15, -0.1) is 0 Å². The molecule has 1 aromatic carbocycles. The Bertz CT molecular complexity index is 528. The van der Waals surface area contributed by atoms with Gasteiger partial charge >= 0.3 is 5.97 Å². The number of nitrogens with zero attached hydrogens (tertiary/aromatic N) is 1. The average molecular weight is 342 g/mol. The maximum Gasteiger partial charge on any atom is 0.328 e. The van der Waals surface area contributed by atoms with Crippen molar-refractivity contribution in [3.63, 3.8) is 0 Å². The topological polar surface area (TPSA) is 66.8 Å². The van der Waals surface area contributed by atoms with Crippen LogP contribution >= 0.6 is 15.9 Å². The molecule has 0 fully saturated rings. The van der Waals surface area contributed by atoms with Crippen LogP contribution in [0.3, 0.4) is 0 Å². The molecule has 5 nitrogen and oxygen atoms in total. The van der Waals surface area contributed by atoms with E-state index < -0.39 is 5.97 Å². The van der Waals surface area contributed by atoms with E-state index in [-0.39, 0.29) is 12.5 Å². The van der Waals surface area contributed by atoms with E-state index in [0.29, 0.717) is 22.3 Å². The van der Waals surface area contributed by atoms with Crippen LogP contribution in [0.15, 0.2) is 28.7 Å². The van der Waals surface area contributed by atoms with Crippen molar-refractivity contribution in [2.75, 3.05) is 20.2 Å². The van der Waals surface area contributed by atoms with Crippen LogP contribution in [0.5, 0.6) is 5.75 Å². The maximum absolute atomic E-state index is 11.7. The number of likely N-dealkylation sites (N-methyl/N-ethyl adjacent to an activating group) is 1. The summed E-state index contributed by atoms with van der Waals surface area (Å²) in [6, 6.07) is 5.24. The van der Waals surface area contributed by atoms with Gasteiger partial charge in [0.05, 0.1) is 4.47 Å². The van der Waals surface area contributed by atoms with Crippen molar-refractivity contribution in [1.82, 2.24) is 4.90 Å². The summed E-state index contributed by atoms with van der Waals surface area (Å²) in [7, 11) is 1.69. The van der Waals surface area contributed by atoms with Crippen molar-refractivity contribution in [3.05, 3.63) is 34.3 Å². The first-order valence-corrected chi connectivity index (χ1v) is 6.81. The van der Waals surface area contributed by atoms with Crippen molar-refractivity contribution in [1.29, 1.82) is 0 Å². The third-order valence-corrected chi connectivity index (χ3v) is 3.27. The molecule has 0 bridgehead atoms. The fourth-order valence-corrected chi connectivity index (χ4v) is 1.89. The molecule has 1 amide bonds. The molecule has 0 aromatic heterocycles. The van der Waals surface area contributed by atoms with Gasteiger partial charge in [0.2, 0.25) is 0 Å². The molecule has 1 rings (SSSR count). The Morgan fingerprint density at radius 1 is 1.45 bits per heavy atom. The van der Waals surface area contributed by atoms with Crippen LogP contribution in [-0.4, -0.2) is 42.1 Å². The summed E-state index contributed by atoms with van der Waals surface area (Å²) < 4.78 is 6.17. The molecule has 0 unspecified atom stereocenters. The van der Waals surface area contributed by atoms with Crippen LogP contribution in [0.25, 0.3) is 6.08 Å². The molecule has 0 saturated heterocycles. The number of hydrogen-bond donors (Lipinski definition) is 1. The normalized spacial score (nSPS) is 10.6. The molecule has 0 saturated carbocycles. The van der Waals surface area contributed by atoms with Crippen LogP contribution in [0.4, 0.5) is 0 Å². The number of benzene rings is 1. The molecule has 20 heavy (non-hydrogen) atoms. The number of para-hydroxylation sites is 1. The average Bonchev–Trinajstić information content (AvgIpc) is 2.42. The quantitative estimate of drug-likeness (QED) is 0.807. The summed E-state index contributed by atoms with van der Waals surface area (Å²) in [5, 5.41) is 8.66. The summed E-state index contributed by atoms with van der Waals surface area (Å²) in [6.07, 6.45) is 2.45. The first-order valence-electron chi connectivity index (χ1n) is 6.02. The molecule has 1 N–H and O–H groups in total. The second kappa shape index (κ2) is 7.69. The van der Waals surface area contributed by atoms with Crippen LogP contribution < -0.4 is 4.74 Å². The Kier molecular flexibility index (Phi) is 6.24. The van der Waals surface area contributed by atoms with E-state index in [1.807, 2.05) is 6.92 Å². The Labute approximate surface area is 126 Å². The molecule has 0 atom stereocenters. The van der Waals surface area contributed by atoms with Gasteiger partial charge in [-0.1, -0.05) is 12.1 Å². The molecule has 0 heterocycles. The maximum atomic E-state index is 11.7. The van der Waals surface area contributed by atoms with Crippen molar-refractivity contribution in [3.8, 4) is 5.75 Å². The number of halogens is 1. The summed E-state index contributed by atoms with van der Waals surface area (Å²) in [6.45, 7) is 2.38. The molecule has 108 valence electrons. The Morgan fingerprint density at radius 3 is 2.75 bits per heavy atom. The highest BCUT2D eigenvalue weighted by Crippen LogP contribution is 2.30. The number of amides is 1. The molecular weight excluding hydrogens is 326 g/mol. The van der Waals surface area contributed by atoms with Crippen LogP contribution in [-0.2, 0) is 9.59 Å². The molecule has 1 aromatic rings. The first kappa shape index (κ1) is 16.2. The number of carbonyl (C=O) groups excluding carboxylic acids is 1. The number of hydrogen-bond acceptors (Lipinski definition) is 3. The number of rotatable bonds is 6. The molecular formula is C14H16BrNO4. The summed E-state index contributed by atoms with van der Waals surface area (Å²) in [5.74, 6) is -0.739. The number of carboxylic acid groups (broad SMARTS) is 1. The lowest BCUT2D eigenvalue weighted by atomic mass is 10.2. The number of carboxylic acids is 1. The van der Waals surface area contributed by atoms with E-state index in [1.54, 1.807) is 30.1 Å². The van der Waals surface area contributed by atoms with Gasteiger partial charge in [0, 0.05) is 25.2 Å². The predicted molar refractivity (Wildman–Crippen MR) is 79.6 cm³/mol. The summed E-state index contributed by atoms with van der Waals surface area (Å²) in [4.78, 5) is 23.8. The third-order valence-electron chi connectivity index (χ3n) is 2.64.